The summed E-state index contributed by atoms with van der Waals surface area (Å²) in [6, 6.07) is 25.7. The molecule has 1 N–H and O–H groups in total. The second-order valence-electron chi connectivity index (χ2n) is 11.6. The Balaban J connectivity index is 1.29. The Morgan fingerprint density at radius 3 is 1.76 bits per heavy atom. The summed E-state index contributed by atoms with van der Waals surface area (Å²) in [5.74, 6) is -1.36. The summed E-state index contributed by atoms with van der Waals surface area (Å²) >= 11 is 0. The van der Waals surface area contributed by atoms with E-state index in [-0.39, 0.29) is 16.2 Å². The SMILES string of the molecule is COC(=O)[C@H](Cc1cn(S(=O)(=O)c2ccc(C)cc2)c2ccccc12)NC(=O)/C=C/c1cn(S(=O)(=O)c2ccc(C)cc2)c2ccccc12. The number of fused-ring (bicyclic) bond motifs is 2. The Labute approximate surface area is 284 Å². The quantitative estimate of drug-likeness (QED) is 0.146. The second kappa shape index (κ2) is 13.2. The fraction of sp³-hybridized carbons (Fsp3) is 0.135. The van der Waals surface area contributed by atoms with Gasteiger partial charge in [0.25, 0.3) is 20.0 Å². The van der Waals surface area contributed by atoms with Gasteiger partial charge in [-0.2, -0.15) is 0 Å². The minimum atomic E-state index is -3.97. The third-order valence-corrected chi connectivity index (χ3v) is 11.6. The molecule has 2 heterocycles. The van der Waals surface area contributed by atoms with E-state index in [1.54, 1.807) is 84.9 Å². The molecule has 49 heavy (non-hydrogen) atoms. The highest BCUT2D eigenvalue weighted by atomic mass is 32.2. The number of methoxy groups -OCH3 is 1. The number of para-hydroxylation sites is 2. The molecular weight excluding hydrogens is 663 g/mol. The lowest BCUT2D eigenvalue weighted by Gasteiger charge is -2.15. The van der Waals surface area contributed by atoms with Crippen molar-refractivity contribution in [3.05, 3.63) is 138 Å². The number of amides is 1. The van der Waals surface area contributed by atoms with Crippen molar-refractivity contribution in [2.24, 2.45) is 0 Å². The van der Waals surface area contributed by atoms with Gasteiger partial charge in [0.2, 0.25) is 5.91 Å². The number of esters is 1. The first kappa shape index (κ1) is 33.4. The molecule has 1 amide bonds. The third kappa shape index (κ3) is 6.52. The molecule has 0 fully saturated rings. The Morgan fingerprint density at radius 1 is 0.714 bits per heavy atom. The molecule has 10 nitrogen and oxygen atoms in total. The van der Waals surface area contributed by atoms with Crippen molar-refractivity contribution in [3.8, 4) is 0 Å². The van der Waals surface area contributed by atoms with Gasteiger partial charge >= 0.3 is 5.97 Å². The average Bonchev–Trinajstić information content (AvgIpc) is 3.67. The number of nitrogens with zero attached hydrogens (tertiary/aromatic N) is 2. The van der Waals surface area contributed by atoms with Crippen LogP contribution in [-0.4, -0.2) is 49.8 Å². The van der Waals surface area contributed by atoms with Crippen LogP contribution in [0.25, 0.3) is 27.9 Å². The molecule has 0 unspecified atom stereocenters. The molecule has 0 aliphatic carbocycles. The molecule has 4 aromatic carbocycles. The van der Waals surface area contributed by atoms with Crippen molar-refractivity contribution >= 4 is 59.8 Å². The van der Waals surface area contributed by atoms with Crippen LogP contribution < -0.4 is 5.32 Å². The van der Waals surface area contributed by atoms with Crippen LogP contribution in [0.4, 0.5) is 0 Å². The number of aryl methyl sites for hydroxylation is 2. The van der Waals surface area contributed by atoms with E-state index in [0.29, 0.717) is 32.9 Å². The zero-order valence-corrected chi connectivity index (χ0v) is 28.5. The fourth-order valence-corrected chi connectivity index (χ4v) is 8.44. The van der Waals surface area contributed by atoms with Gasteiger partial charge in [-0.3, -0.25) is 4.79 Å². The van der Waals surface area contributed by atoms with E-state index in [1.165, 1.54) is 51.7 Å². The van der Waals surface area contributed by atoms with Crippen molar-refractivity contribution in [1.29, 1.82) is 0 Å². The van der Waals surface area contributed by atoms with E-state index >= 15 is 0 Å². The van der Waals surface area contributed by atoms with Gasteiger partial charge in [0.1, 0.15) is 6.04 Å². The first-order chi connectivity index (χ1) is 23.4. The third-order valence-electron chi connectivity index (χ3n) is 8.27. The average molecular weight is 696 g/mol. The summed E-state index contributed by atoms with van der Waals surface area (Å²) in [6.45, 7) is 3.74. The molecule has 0 radical (unpaired) electrons. The normalized spacial score (nSPS) is 12.8. The highest BCUT2D eigenvalue weighted by Crippen LogP contribution is 2.29. The summed E-state index contributed by atoms with van der Waals surface area (Å²) in [6.07, 6.45) is 5.54. The van der Waals surface area contributed by atoms with Crippen LogP contribution in [0.2, 0.25) is 0 Å². The van der Waals surface area contributed by atoms with Crippen molar-refractivity contribution in [3.63, 3.8) is 0 Å². The maximum Gasteiger partial charge on any atom is 0.328 e. The number of benzene rings is 4. The summed E-state index contributed by atoms with van der Waals surface area (Å²) in [5.41, 5.74) is 3.68. The van der Waals surface area contributed by atoms with E-state index < -0.39 is 38.0 Å². The minimum Gasteiger partial charge on any atom is -0.467 e. The number of hydrogen-bond donors (Lipinski definition) is 1. The minimum absolute atomic E-state index is 0.0582. The van der Waals surface area contributed by atoms with Crippen molar-refractivity contribution < 1.29 is 31.2 Å². The lowest BCUT2D eigenvalue weighted by molar-refractivity contribution is -0.144. The molecule has 2 aromatic heterocycles. The van der Waals surface area contributed by atoms with Crippen LogP contribution in [0, 0.1) is 13.8 Å². The van der Waals surface area contributed by atoms with E-state index in [9.17, 15) is 26.4 Å². The Bertz CT molecular complexity index is 2460. The molecule has 0 aliphatic rings. The van der Waals surface area contributed by atoms with Crippen molar-refractivity contribution in [1.82, 2.24) is 13.3 Å². The fourth-order valence-electron chi connectivity index (χ4n) is 5.67. The van der Waals surface area contributed by atoms with Gasteiger partial charge in [-0.1, -0.05) is 71.8 Å². The number of ether oxygens (including phenoxy) is 1. The van der Waals surface area contributed by atoms with Crippen molar-refractivity contribution in [2.75, 3.05) is 7.11 Å². The molecule has 0 bridgehead atoms. The van der Waals surface area contributed by atoms with Gasteiger partial charge in [0.05, 0.1) is 27.9 Å². The van der Waals surface area contributed by atoms with Gasteiger partial charge in [0, 0.05) is 41.2 Å². The number of aromatic nitrogens is 2. The zero-order chi connectivity index (χ0) is 34.9. The van der Waals surface area contributed by atoms with Gasteiger partial charge in [0.15, 0.2) is 0 Å². The van der Waals surface area contributed by atoms with Crippen LogP contribution in [-0.2, 0) is 40.8 Å². The Morgan fingerprint density at radius 2 is 1.20 bits per heavy atom. The molecule has 250 valence electrons. The molecule has 12 heteroatoms. The van der Waals surface area contributed by atoms with Crippen LogP contribution in [0.15, 0.2) is 125 Å². The van der Waals surface area contributed by atoms with Crippen LogP contribution >= 0.6 is 0 Å². The Hall–Kier alpha value is -5.46. The van der Waals surface area contributed by atoms with Crippen LogP contribution in [0.1, 0.15) is 22.3 Å². The molecule has 0 saturated carbocycles. The van der Waals surface area contributed by atoms with Gasteiger partial charge in [-0.05, 0) is 61.9 Å². The number of carbonyl (C=O) groups excluding carboxylic acids is 2. The molecule has 0 aliphatic heterocycles. The predicted molar refractivity (Wildman–Crippen MR) is 188 cm³/mol. The smallest absolute Gasteiger partial charge is 0.328 e. The van der Waals surface area contributed by atoms with Crippen LogP contribution in [0.5, 0.6) is 0 Å². The van der Waals surface area contributed by atoms with E-state index in [4.69, 9.17) is 4.74 Å². The number of rotatable bonds is 10. The largest absolute Gasteiger partial charge is 0.467 e. The highest BCUT2D eigenvalue weighted by molar-refractivity contribution is 7.90. The first-order valence-corrected chi connectivity index (χ1v) is 18.2. The first-order valence-electron chi connectivity index (χ1n) is 15.3. The summed E-state index contributed by atoms with van der Waals surface area (Å²) in [7, 11) is -6.71. The predicted octanol–water partition coefficient (Wildman–Crippen LogP) is 5.60. The molecule has 0 saturated heterocycles. The monoisotopic (exact) mass is 695 g/mol. The maximum atomic E-state index is 13.6. The van der Waals surface area contributed by atoms with Gasteiger partial charge in [-0.15, -0.1) is 0 Å². The maximum absolute atomic E-state index is 13.6. The summed E-state index contributed by atoms with van der Waals surface area (Å²) in [4.78, 5) is 26.4. The standard InChI is InChI=1S/C37H33N3O7S2/c1-25-12-17-29(18-13-25)48(43,44)39-23-27(31-8-4-6-10-34(31)39)16-21-36(41)38-33(37(42)47-3)22-28-24-40(35-11-7-5-9-32(28)35)49(45,46)30-19-14-26(2)15-20-30/h4-21,23-24,33H,22H2,1-3H3,(H,38,41)/b21-16+/t33-/m0/s1. The molecule has 6 rings (SSSR count). The molecule has 6 aromatic rings. The molecular formula is C37H33N3O7S2. The van der Waals surface area contributed by atoms with E-state index in [1.807, 2.05) is 13.8 Å². The number of nitrogens with one attached hydrogen (secondary N) is 1. The summed E-state index contributed by atoms with van der Waals surface area (Å²) in [5, 5.41) is 3.87. The van der Waals surface area contributed by atoms with E-state index in [2.05, 4.69) is 5.32 Å². The number of carbonyl (C=O) groups is 2. The number of hydrogen-bond acceptors (Lipinski definition) is 7. The zero-order valence-electron chi connectivity index (χ0n) is 26.9. The lowest BCUT2D eigenvalue weighted by atomic mass is 10.0. The second-order valence-corrected chi connectivity index (χ2v) is 15.3. The Kier molecular flexibility index (Phi) is 9.02. The topological polar surface area (TPSA) is 134 Å². The van der Waals surface area contributed by atoms with Gasteiger partial charge in [-0.25, -0.2) is 29.6 Å². The van der Waals surface area contributed by atoms with Gasteiger partial charge < -0.3 is 10.1 Å². The lowest BCUT2D eigenvalue weighted by Crippen LogP contribution is -2.42. The summed E-state index contributed by atoms with van der Waals surface area (Å²) < 4.78 is 61.8. The van der Waals surface area contributed by atoms with Crippen LogP contribution in [0.3, 0.4) is 0 Å². The molecule has 1 atom stereocenters. The molecule has 0 spiro atoms. The highest BCUT2D eigenvalue weighted by Gasteiger charge is 2.27. The van der Waals surface area contributed by atoms with E-state index in [0.717, 1.165) is 11.1 Å². The van der Waals surface area contributed by atoms with Crippen molar-refractivity contribution in [2.45, 2.75) is 36.1 Å².